The van der Waals surface area contributed by atoms with Crippen LogP contribution in [0.5, 0.6) is 0 Å². The van der Waals surface area contributed by atoms with Crippen LogP contribution in [-0.4, -0.2) is 18.1 Å². The molecule has 1 aliphatic heterocycles. The van der Waals surface area contributed by atoms with Crippen LogP contribution in [0.3, 0.4) is 0 Å². The molecule has 1 atom stereocenters. The first-order valence-electron chi connectivity index (χ1n) is 6.24. The van der Waals surface area contributed by atoms with Gasteiger partial charge in [-0.05, 0) is 37.5 Å². The van der Waals surface area contributed by atoms with Gasteiger partial charge in [0.05, 0.1) is 0 Å². The fourth-order valence-corrected chi connectivity index (χ4v) is 2.19. The van der Waals surface area contributed by atoms with E-state index < -0.39 is 0 Å². The molecule has 0 spiro atoms. The Bertz CT molecular complexity index is 328. The monoisotopic (exact) mass is 219 g/mol. The second-order valence-electron chi connectivity index (χ2n) is 4.64. The number of hydrogen-bond donors (Lipinski definition) is 1. The Morgan fingerprint density at radius 2 is 1.94 bits per heavy atom. The normalized spacial score (nSPS) is 19.2. The molecule has 3 heteroatoms. The first-order valence-corrected chi connectivity index (χ1v) is 6.24. The molecule has 0 saturated carbocycles. The van der Waals surface area contributed by atoms with Crippen molar-refractivity contribution < 1.29 is 0 Å². The maximum absolute atomic E-state index is 5.90. The van der Waals surface area contributed by atoms with Crippen molar-refractivity contribution in [3.8, 4) is 0 Å². The quantitative estimate of drug-likeness (QED) is 0.831. The van der Waals surface area contributed by atoms with Crippen LogP contribution >= 0.6 is 0 Å². The van der Waals surface area contributed by atoms with Gasteiger partial charge in [-0.3, -0.25) is 0 Å². The minimum Gasteiger partial charge on any atom is -0.357 e. The van der Waals surface area contributed by atoms with Gasteiger partial charge in [0.2, 0.25) is 0 Å². The van der Waals surface area contributed by atoms with E-state index in [0.29, 0.717) is 0 Å². The molecule has 1 fully saturated rings. The zero-order valence-corrected chi connectivity index (χ0v) is 10.0. The van der Waals surface area contributed by atoms with Crippen molar-refractivity contribution in [2.45, 2.75) is 38.6 Å². The van der Waals surface area contributed by atoms with Gasteiger partial charge >= 0.3 is 0 Å². The molecule has 2 rings (SSSR count). The predicted octanol–water partition coefficient (Wildman–Crippen LogP) is 2.48. The van der Waals surface area contributed by atoms with E-state index in [1.54, 1.807) is 0 Å². The number of anilines is 1. The van der Waals surface area contributed by atoms with Gasteiger partial charge in [0.15, 0.2) is 0 Å². The molecule has 3 nitrogen and oxygen atoms in total. The number of nitrogens with zero attached hydrogens (tertiary/aromatic N) is 2. The van der Waals surface area contributed by atoms with E-state index in [0.717, 1.165) is 18.9 Å². The number of rotatable bonds is 2. The second kappa shape index (κ2) is 5.30. The van der Waals surface area contributed by atoms with Crippen molar-refractivity contribution in [3.05, 3.63) is 23.9 Å². The molecule has 1 aromatic rings. The van der Waals surface area contributed by atoms with Gasteiger partial charge in [-0.25, -0.2) is 4.98 Å². The molecule has 16 heavy (non-hydrogen) atoms. The molecule has 0 radical (unpaired) electrons. The summed E-state index contributed by atoms with van der Waals surface area (Å²) in [5.74, 6) is 1.09. The van der Waals surface area contributed by atoms with E-state index in [1.807, 2.05) is 19.2 Å². The predicted molar refractivity (Wildman–Crippen MR) is 67.5 cm³/mol. The third kappa shape index (κ3) is 2.73. The van der Waals surface area contributed by atoms with Crippen LogP contribution in [0.2, 0.25) is 0 Å². The number of aromatic nitrogens is 1. The molecule has 1 unspecified atom stereocenters. The number of hydrogen-bond acceptors (Lipinski definition) is 3. The average molecular weight is 219 g/mol. The molecule has 1 aromatic heterocycles. The zero-order chi connectivity index (χ0) is 11.4. The van der Waals surface area contributed by atoms with Crippen molar-refractivity contribution >= 4 is 5.82 Å². The number of nitrogens with two attached hydrogens (primary N) is 1. The zero-order valence-electron chi connectivity index (χ0n) is 10.0. The van der Waals surface area contributed by atoms with Crippen LogP contribution in [0.4, 0.5) is 5.82 Å². The molecule has 0 aromatic carbocycles. The third-order valence-electron chi connectivity index (χ3n) is 3.23. The Morgan fingerprint density at radius 3 is 2.56 bits per heavy atom. The minimum absolute atomic E-state index is 0.0914. The third-order valence-corrected chi connectivity index (χ3v) is 3.23. The highest BCUT2D eigenvalue weighted by Crippen LogP contribution is 2.20. The second-order valence-corrected chi connectivity index (χ2v) is 4.64. The summed E-state index contributed by atoms with van der Waals surface area (Å²) in [6, 6.07) is 4.23. The van der Waals surface area contributed by atoms with Crippen molar-refractivity contribution in [1.82, 2.24) is 4.98 Å². The Labute approximate surface area is 97.7 Å². The largest absolute Gasteiger partial charge is 0.357 e. The van der Waals surface area contributed by atoms with Crippen molar-refractivity contribution in [2.24, 2.45) is 5.73 Å². The fourth-order valence-electron chi connectivity index (χ4n) is 2.19. The maximum atomic E-state index is 5.90. The topological polar surface area (TPSA) is 42.1 Å². The summed E-state index contributed by atoms with van der Waals surface area (Å²) in [5, 5.41) is 0. The van der Waals surface area contributed by atoms with E-state index >= 15 is 0 Å². The summed E-state index contributed by atoms with van der Waals surface area (Å²) in [7, 11) is 0. The molecule has 1 aliphatic rings. The van der Waals surface area contributed by atoms with Gasteiger partial charge in [-0.1, -0.05) is 12.8 Å². The molecule has 0 amide bonds. The van der Waals surface area contributed by atoms with Crippen LogP contribution in [0.25, 0.3) is 0 Å². The molecule has 2 heterocycles. The van der Waals surface area contributed by atoms with E-state index in [-0.39, 0.29) is 6.04 Å². The first-order chi connectivity index (χ1) is 7.77. The molecule has 1 saturated heterocycles. The van der Waals surface area contributed by atoms with Crippen LogP contribution in [0.1, 0.15) is 44.2 Å². The van der Waals surface area contributed by atoms with Gasteiger partial charge in [-0.15, -0.1) is 0 Å². The lowest BCUT2D eigenvalue weighted by atomic mass is 10.1. The summed E-state index contributed by atoms with van der Waals surface area (Å²) in [5.41, 5.74) is 7.07. The molecule has 0 aliphatic carbocycles. The summed E-state index contributed by atoms with van der Waals surface area (Å²) in [6.45, 7) is 4.28. The van der Waals surface area contributed by atoms with Gasteiger partial charge in [0.1, 0.15) is 5.82 Å². The van der Waals surface area contributed by atoms with Gasteiger partial charge in [-0.2, -0.15) is 0 Å². The van der Waals surface area contributed by atoms with E-state index in [2.05, 4.69) is 16.0 Å². The van der Waals surface area contributed by atoms with Crippen LogP contribution < -0.4 is 10.6 Å². The molecular formula is C13H21N3. The lowest BCUT2D eigenvalue weighted by molar-refractivity contribution is 0.726. The molecule has 88 valence electrons. The van der Waals surface area contributed by atoms with Gasteiger partial charge < -0.3 is 10.6 Å². The minimum atomic E-state index is 0.0914. The van der Waals surface area contributed by atoms with Crippen molar-refractivity contribution in [2.75, 3.05) is 18.0 Å². The van der Waals surface area contributed by atoms with Crippen LogP contribution in [0.15, 0.2) is 18.3 Å². The lowest BCUT2D eigenvalue weighted by Gasteiger charge is -2.22. The van der Waals surface area contributed by atoms with Crippen LogP contribution in [-0.2, 0) is 0 Å². The molecular weight excluding hydrogens is 198 g/mol. The smallest absolute Gasteiger partial charge is 0.128 e. The standard InChI is InChI=1S/C13H21N3/c1-11(14)12-6-7-15-13(10-12)16-8-4-2-3-5-9-16/h6-7,10-11H,2-5,8-9,14H2,1H3. The SMILES string of the molecule is CC(N)c1ccnc(N2CCCCCC2)c1. The van der Waals surface area contributed by atoms with Gasteiger partial charge in [0.25, 0.3) is 0 Å². The van der Waals surface area contributed by atoms with E-state index in [1.165, 1.54) is 31.2 Å². The first kappa shape index (κ1) is 11.4. The Hall–Kier alpha value is -1.09. The Balaban J connectivity index is 2.15. The van der Waals surface area contributed by atoms with E-state index in [4.69, 9.17) is 5.73 Å². The molecule has 0 bridgehead atoms. The van der Waals surface area contributed by atoms with Crippen LogP contribution in [0, 0.1) is 0 Å². The number of pyridine rings is 1. The summed E-state index contributed by atoms with van der Waals surface area (Å²) in [6.07, 6.45) is 7.14. The lowest BCUT2D eigenvalue weighted by Crippen LogP contribution is -2.25. The Morgan fingerprint density at radius 1 is 1.25 bits per heavy atom. The highest BCUT2D eigenvalue weighted by molar-refractivity contribution is 5.41. The van der Waals surface area contributed by atoms with E-state index in [9.17, 15) is 0 Å². The highest BCUT2D eigenvalue weighted by atomic mass is 15.2. The fraction of sp³-hybridized carbons (Fsp3) is 0.615. The maximum Gasteiger partial charge on any atom is 0.128 e. The highest BCUT2D eigenvalue weighted by Gasteiger charge is 2.11. The Kier molecular flexibility index (Phi) is 3.78. The average Bonchev–Trinajstić information content (AvgIpc) is 2.57. The summed E-state index contributed by atoms with van der Waals surface area (Å²) in [4.78, 5) is 6.85. The summed E-state index contributed by atoms with van der Waals surface area (Å²) < 4.78 is 0. The van der Waals surface area contributed by atoms with Gasteiger partial charge in [0, 0.05) is 25.3 Å². The van der Waals surface area contributed by atoms with Crippen molar-refractivity contribution in [3.63, 3.8) is 0 Å². The summed E-state index contributed by atoms with van der Waals surface area (Å²) >= 11 is 0. The van der Waals surface area contributed by atoms with Crippen molar-refractivity contribution in [1.29, 1.82) is 0 Å². The molecule has 2 N–H and O–H groups in total.